The average Bonchev–Trinajstić information content (AvgIpc) is 2.69. The molecule has 0 amide bonds. The van der Waals surface area contributed by atoms with Crippen molar-refractivity contribution in [2.24, 2.45) is 0 Å². The number of nitrogens with zero attached hydrogens (tertiary/aromatic N) is 1. The smallest absolute Gasteiger partial charge is 0.167 e. The number of carbonyl (C=O) groups is 1. The van der Waals surface area contributed by atoms with Gasteiger partial charge in [0.05, 0.1) is 11.4 Å². The first kappa shape index (κ1) is 17.8. The second-order valence-corrected chi connectivity index (χ2v) is 5.75. The molecule has 1 atom stereocenters. The van der Waals surface area contributed by atoms with Crippen LogP contribution in [0, 0.1) is 5.82 Å². The lowest BCUT2D eigenvalue weighted by Crippen LogP contribution is -2.12. The molecule has 0 radical (unpaired) electrons. The Labute approximate surface area is 150 Å². The molecule has 26 heavy (non-hydrogen) atoms. The minimum atomic E-state index is -1.21. The zero-order valence-electron chi connectivity index (χ0n) is 14.2. The van der Waals surface area contributed by atoms with Crippen molar-refractivity contribution in [1.82, 2.24) is 4.98 Å². The van der Waals surface area contributed by atoms with Crippen molar-refractivity contribution >= 4 is 5.78 Å². The van der Waals surface area contributed by atoms with Crippen molar-refractivity contribution in [2.75, 3.05) is 0 Å². The number of ketones is 1. The fourth-order valence-electron chi connectivity index (χ4n) is 2.46. The monoisotopic (exact) mass is 351 g/mol. The van der Waals surface area contributed by atoms with Gasteiger partial charge in [-0.25, -0.2) is 9.37 Å². The highest BCUT2D eigenvalue weighted by Gasteiger charge is 2.17. The van der Waals surface area contributed by atoms with E-state index in [1.807, 2.05) is 18.2 Å². The summed E-state index contributed by atoms with van der Waals surface area (Å²) in [4.78, 5) is 16.1. The molecule has 1 N–H and O–H groups in total. The lowest BCUT2D eigenvalue weighted by atomic mass is 10.1. The number of Topliss-reactive ketones (excluding diaryl/α,β-unsaturated/α-hetero) is 1. The van der Waals surface area contributed by atoms with Gasteiger partial charge >= 0.3 is 0 Å². The predicted octanol–water partition coefficient (Wildman–Crippen LogP) is 4.69. The van der Waals surface area contributed by atoms with E-state index in [-0.39, 0.29) is 18.0 Å². The molecule has 2 aromatic carbocycles. The first-order chi connectivity index (χ1) is 12.6. The predicted molar refractivity (Wildman–Crippen MR) is 96.4 cm³/mol. The topological polar surface area (TPSA) is 59.4 Å². The van der Waals surface area contributed by atoms with Gasteiger partial charge < -0.3 is 9.84 Å². The number of aromatic nitrogens is 1. The van der Waals surface area contributed by atoms with Crippen LogP contribution in [0.3, 0.4) is 0 Å². The van der Waals surface area contributed by atoms with Crippen molar-refractivity contribution in [3.05, 3.63) is 78.2 Å². The summed E-state index contributed by atoms with van der Waals surface area (Å²) in [7, 11) is 0. The Hall–Kier alpha value is -3.05. The SMILES string of the molecule is CCC(=O)[C@H](O)c1cccc(-c2ccc(Oc3ccc(F)cc3)cc2)n1. The molecule has 1 heterocycles. The summed E-state index contributed by atoms with van der Waals surface area (Å²) in [5.74, 6) is 0.568. The summed E-state index contributed by atoms with van der Waals surface area (Å²) in [5, 5.41) is 10.0. The lowest BCUT2D eigenvalue weighted by molar-refractivity contribution is -0.127. The molecular formula is C21H18FNO3. The van der Waals surface area contributed by atoms with Gasteiger partial charge in [-0.2, -0.15) is 0 Å². The van der Waals surface area contributed by atoms with Crippen LogP contribution in [0.2, 0.25) is 0 Å². The third-order valence-electron chi connectivity index (χ3n) is 3.90. The molecular weight excluding hydrogens is 333 g/mol. The Kier molecular flexibility index (Phi) is 5.39. The standard InChI is InChI=1S/C21H18FNO3/c1-2-20(24)21(25)19-5-3-4-18(23-19)14-6-10-16(11-7-14)26-17-12-8-15(22)9-13-17/h3-13,21,25H,2H2,1H3/t21-/m1/s1. The minimum Gasteiger partial charge on any atom is -0.457 e. The van der Waals surface area contributed by atoms with E-state index in [9.17, 15) is 14.3 Å². The van der Waals surface area contributed by atoms with E-state index in [0.717, 1.165) is 5.56 Å². The molecule has 0 aliphatic carbocycles. The molecule has 0 unspecified atom stereocenters. The Morgan fingerprint density at radius 3 is 2.27 bits per heavy atom. The Balaban J connectivity index is 1.78. The molecule has 5 heteroatoms. The molecule has 4 nitrogen and oxygen atoms in total. The van der Waals surface area contributed by atoms with Gasteiger partial charge in [0.1, 0.15) is 17.3 Å². The van der Waals surface area contributed by atoms with Gasteiger partial charge in [-0.1, -0.05) is 13.0 Å². The van der Waals surface area contributed by atoms with E-state index in [4.69, 9.17) is 4.74 Å². The number of aliphatic hydroxyl groups is 1. The molecule has 0 aliphatic rings. The Bertz CT molecular complexity index is 892. The van der Waals surface area contributed by atoms with Crippen LogP contribution in [-0.2, 0) is 4.79 Å². The van der Waals surface area contributed by atoms with E-state index in [0.29, 0.717) is 22.9 Å². The summed E-state index contributed by atoms with van der Waals surface area (Å²) < 4.78 is 18.6. The second kappa shape index (κ2) is 7.89. The van der Waals surface area contributed by atoms with Gasteiger partial charge in [0.2, 0.25) is 0 Å². The highest BCUT2D eigenvalue weighted by Crippen LogP contribution is 2.26. The molecule has 3 rings (SSSR count). The number of hydrogen-bond acceptors (Lipinski definition) is 4. The lowest BCUT2D eigenvalue weighted by Gasteiger charge is -2.10. The minimum absolute atomic E-state index is 0.252. The number of pyridine rings is 1. The third kappa shape index (κ3) is 4.13. The van der Waals surface area contributed by atoms with Crippen LogP contribution in [0.5, 0.6) is 11.5 Å². The van der Waals surface area contributed by atoms with E-state index < -0.39 is 6.10 Å². The molecule has 132 valence electrons. The van der Waals surface area contributed by atoms with Crippen LogP contribution in [0.25, 0.3) is 11.3 Å². The Morgan fingerprint density at radius 2 is 1.65 bits per heavy atom. The molecule has 0 bridgehead atoms. The highest BCUT2D eigenvalue weighted by atomic mass is 19.1. The fraction of sp³-hybridized carbons (Fsp3) is 0.143. The van der Waals surface area contributed by atoms with Gasteiger partial charge in [-0.15, -0.1) is 0 Å². The first-order valence-corrected chi connectivity index (χ1v) is 8.28. The van der Waals surface area contributed by atoms with Crippen LogP contribution in [0.15, 0.2) is 66.7 Å². The van der Waals surface area contributed by atoms with Gasteiger partial charge in [-0.3, -0.25) is 4.79 Å². The first-order valence-electron chi connectivity index (χ1n) is 8.28. The molecule has 0 spiro atoms. The van der Waals surface area contributed by atoms with Crippen molar-refractivity contribution in [1.29, 1.82) is 0 Å². The zero-order chi connectivity index (χ0) is 18.5. The van der Waals surface area contributed by atoms with E-state index in [1.54, 1.807) is 43.3 Å². The van der Waals surface area contributed by atoms with Crippen molar-refractivity contribution in [3.63, 3.8) is 0 Å². The normalized spacial score (nSPS) is 11.8. The molecule has 0 aliphatic heterocycles. The zero-order valence-corrected chi connectivity index (χ0v) is 14.2. The number of rotatable bonds is 6. The van der Waals surface area contributed by atoms with E-state index >= 15 is 0 Å². The average molecular weight is 351 g/mol. The molecule has 0 saturated carbocycles. The van der Waals surface area contributed by atoms with Crippen LogP contribution in [0.4, 0.5) is 4.39 Å². The molecule has 0 fully saturated rings. The fourth-order valence-corrected chi connectivity index (χ4v) is 2.46. The number of ether oxygens (including phenoxy) is 1. The van der Waals surface area contributed by atoms with Gasteiger partial charge in [-0.05, 0) is 60.7 Å². The van der Waals surface area contributed by atoms with Crippen LogP contribution in [0.1, 0.15) is 25.1 Å². The second-order valence-electron chi connectivity index (χ2n) is 5.75. The quantitative estimate of drug-likeness (QED) is 0.700. The number of aliphatic hydroxyl groups excluding tert-OH is 1. The third-order valence-corrected chi connectivity index (χ3v) is 3.90. The summed E-state index contributed by atoms with van der Waals surface area (Å²) in [6, 6.07) is 18.2. The Morgan fingerprint density at radius 1 is 1.04 bits per heavy atom. The highest BCUT2D eigenvalue weighted by molar-refractivity contribution is 5.83. The molecule has 0 saturated heterocycles. The maximum absolute atomic E-state index is 12.9. The van der Waals surface area contributed by atoms with Crippen LogP contribution >= 0.6 is 0 Å². The number of carbonyl (C=O) groups excluding carboxylic acids is 1. The maximum Gasteiger partial charge on any atom is 0.167 e. The summed E-state index contributed by atoms with van der Waals surface area (Å²) in [6.45, 7) is 1.70. The molecule has 3 aromatic rings. The summed E-state index contributed by atoms with van der Waals surface area (Å²) in [5.41, 5.74) is 1.81. The van der Waals surface area contributed by atoms with Crippen molar-refractivity contribution in [2.45, 2.75) is 19.4 Å². The largest absolute Gasteiger partial charge is 0.457 e. The van der Waals surface area contributed by atoms with E-state index in [1.165, 1.54) is 12.1 Å². The van der Waals surface area contributed by atoms with Gasteiger partial charge in [0.15, 0.2) is 11.9 Å². The number of benzene rings is 2. The van der Waals surface area contributed by atoms with Crippen LogP contribution in [-0.4, -0.2) is 15.9 Å². The van der Waals surface area contributed by atoms with Gasteiger partial charge in [0.25, 0.3) is 0 Å². The van der Waals surface area contributed by atoms with Crippen molar-refractivity contribution < 1.29 is 19.0 Å². The van der Waals surface area contributed by atoms with Crippen molar-refractivity contribution in [3.8, 4) is 22.8 Å². The van der Waals surface area contributed by atoms with Gasteiger partial charge in [0, 0.05) is 12.0 Å². The van der Waals surface area contributed by atoms with E-state index in [2.05, 4.69) is 4.98 Å². The maximum atomic E-state index is 12.9. The summed E-state index contributed by atoms with van der Waals surface area (Å²) in [6.07, 6.45) is -0.955. The summed E-state index contributed by atoms with van der Waals surface area (Å²) >= 11 is 0. The van der Waals surface area contributed by atoms with Crippen LogP contribution < -0.4 is 4.74 Å². The molecule has 1 aromatic heterocycles. The number of hydrogen-bond donors (Lipinski definition) is 1. The number of halogens is 1.